The largest absolute Gasteiger partial charge is 0.444 e. The first-order valence-corrected chi connectivity index (χ1v) is 7.41. The van der Waals surface area contributed by atoms with Crippen LogP contribution in [0.3, 0.4) is 0 Å². The van der Waals surface area contributed by atoms with Gasteiger partial charge in [-0.1, -0.05) is 25.7 Å². The zero-order valence-corrected chi connectivity index (χ0v) is 12.1. The molecule has 0 aromatic carbocycles. The van der Waals surface area contributed by atoms with E-state index < -0.39 is 5.60 Å². The zero-order valence-electron chi connectivity index (χ0n) is 12.1. The van der Waals surface area contributed by atoms with E-state index in [2.05, 4.69) is 5.32 Å². The molecule has 1 N–H and O–H groups in total. The molecule has 0 unspecified atom stereocenters. The van der Waals surface area contributed by atoms with Crippen LogP contribution in [-0.4, -0.2) is 17.7 Å². The fourth-order valence-corrected chi connectivity index (χ4v) is 3.67. The van der Waals surface area contributed by atoms with Crippen molar-refractivity contribution in [3.63, 3.8) is 0 Å². The molecule has 2 saturated carbocycles. The SMILES string of the molecule is CC(C)(C)OC(=O)N[C@@H]1CCCC12CCCCC2. The van der Waals surface area contributed by atoms with Crippen molar-refractivity contribution in [3.8, 4) is 0 Å². The van der Waals surface area contributed by atoms with Gasteiger partial charge < -0.3 is 10.1 Å². The van der Waals surface area contributed by atoms with Gasteiger partial charge in [-0.15, -0.1) is 0 Å². The topological polar surface area (TPSA) is 38.3 Å². The van der Waals surface area contributed by atoms with E-state index in [0.29, 0.717) is 11.5 Å². The summed E-state index contributed by atoms with van der Waals surface area (Å²) in [5.41, 5.74) is -0.0163. The lowest BCUT2D eigenvalue weighted by molar-refractivity contribution is 0.0431. The minimum Gasteiger partial charge on any atom is -0.444 e. The normalized spacial score (nSPS) is 27.2. The first kappa shape index (κ1) is 13.7. The van der Waals surface area contributed by atoms with Gasteiger partial charge in [0.25, 0.3) is 0 Å². The highest BCUT2D eigenvalue weighted by Gasteiger charge is 2.44. The molecule has 2 rings (SSSR count). The number of hydrogen-bond acceptors (Lipinski definition) is 2. The number of nitrogens with one attached hydrogen (secondary N) is 1. The van der Waals surface area contributed by atoms with Crippen molar-refractivity contribution < 1.29 is 9.53 Å². The van der Waals surface area contributed by atoms with Gasteiger partial charge in [-0.2, -0.15) is 0 Å². The predicted octanol–water partition coefficient (Wildman–Crippen LogP) is 4.01. The standard InChI is InChI=1S/C15H27NO2/c1-14(2,3)18-13(17)16-12-8-7-11-15(12)9-5-4-6-10-15/h12H,4-11H2,1-3H3,(H,16,17)/t12-/m1/s1. The summed E-state index contributed by atoms with van der Waals surface area (Å²) in [4.78, 5) is 11.9. The fourth-order valence-electron chi connectivity index (χ4n) is 3.67. The lowest BCUT2D eigenvalue weighted by atomic mass is 9.70. The maximum absolute atomic E-state index is 11.9. The summed E-state index contributed by atoms with van der Waals surface area (Å²) < 4.78 is 5.38. The molecule has 2 aliphatic carbocycles. The molecule has 2 aliphatic rings. The van der Waals surface area contributed by atoms with E-state index in [1.807, 2.05) is 20.8 Å². The summed E-state index contributed by atoms with van der Waals surface area (Å²) in [6, 6.07) is 0.340. The van der Waals surface area contributed by atoms with Crippen LogP contribution in [0.4, 0.5) is 4.79 Å². The number of hydrogen-bond donors (Lipinski definition) is 1. The van der Waals surface area contributed by atoms with Crippen LogP contribution in [0.5, 0.6) is 0 Å². The molecule has 2 fully saturated rings. The second-order valence-electron chi connectivity index (χ2n) is 7.01. The van der Waals surface area contributed by atoms with Gasteiger partial charge in [-0.25, -0.2) is 4.79 Å². The molecule has 3 nitrogen and oxygen atoms in total. The van der Waals surface area contributed by atoms with Crippen molar-refractivity contribution in [2.24, 2.45) is 5.41 Å². The molecule has 1 spiro atoms. The van der Waals surface area contributed by atoms with Crippen LogP contribution < -0.4 is 5.32 Å². The van der Waals surface area contributed by atoms with E-state index >= 15 is 0 Å². The number of ether oxygens (including phenoxy) is 1. The van der Waals surface area contributed by atoms with Gasteiger partial charge in [0, 0.05) is 6.04 Å². The van der Waals surface area contributed by atoms with Crippen molar-refractivity contribution in [2.75, 3.05) is 0 Å². The maximum atomic E-state index is 11.9. The minimum atomic E-state index is -0.400. The summed E-state index contributed by atoms with van der Waals surface area (Å²) in [7, 11) is 0. The molecule has 0 aromatic rings. The summed E-state index contributed by atoms with van der Waals surface area (Å²) in [5.74, 6) is 0. The number of alkyl carbamates (subject to hydrolysis) is 1. The monoisotopic (exact) mass is 253 g/mol. The molecule has 0 aliphatic heterocycles. The Hall–Kier alpha value is -0.730. The van der Waals surface area contributed by atoms with Crippen LogP contribution in [0.1, 0.15) is 72.1 Å². The molecule has 0 heterocycles. The van der Waals surface area contributed by atoms with E-state index in [0.717, 1.165) is 6.42 Å². The Balaban J connectivity index is 1.93. The molecule has 0 radical (unpaired) electrons. The zero-order chi connectivity index (χ0) is 13.2. The lowest BCUT2D eigenvalue weighted by Gasteiger charge is -2.39. The molecule has 1 atom stereocenters. The Morgan fingerprint density at radius 3 is 2.33 bits per heavy atom. The predicted molar refractivity (Wildman–Crippen MR) is 72.5 cm³/mol. The minimum absolute atomic E-state index is 0.237. The lowest BCUT2D eigenvalue weighted by Crippen LogP contribution is -2.47. The summed E-state index contributed by atoms with van der Waals surface area (Å²) in [5, 5.41) is 3.13. The average Bonchev–Trinajstić information content (AvgIpc) is 2.60. The van der Waals surface area contributed by atoms with Crippen LogP contribution in [0.25, 0.3) is 0 Å². The highest BCUT2D eigenvalue weighted by Crippen LogP contribution is 2.49. The molecular formula is C15H27NO2. The number of carbonyl (C=O) groups excluding carboxylic acids is 1. The van der Waals surface area contributed by atoms with Crippen molar-refractivity contribution in [3.05, 3.63) is 0 Å². The van der Waals surface area contributed by atoms with Crippen LogP contribution in [0, 0.1) is 5.41 Å². The fraction of sp³-hybridized carbons (Fsp3) is 0.933. The number of carbonyl (C=O) groups is 1. The van der Waals surface area contributed by atoms with Gasteiger partial charge in [0.2, 0.25) is 0 Å². The van der Waals surface area contributed by atoms with Crippen molar-refractivity contribution in [2.45, 2.75) is 83.8 Å². The van der Waals surface area contributed by atoms with Gasteiger partial charge in [-0.05, 0) is 51.9 Å². The molecular weight excluding hydrogens is 226 g/mol. The van der Waals surface area contributed by atoms with E-state index in [4.69, 9.17) is 4.74 Å². The maximum Gasteiger partial charge on any atom is 0.407 e. The van der Waals surface area contributed by atoms with Crippen LogP contribution in [0.15, 0.2) is 0 Å². The highest BCUT2D eigenvalue weighted by molar-refractivity contribution is 5.68. The van der Waals surface area contributed by atoms with Crippen LogP contribution in [-0.2, 0) is 4.74 Å². The van der Waals surface area contributed by atoms with Crippen molar-refractivity contribution >= 4 is 6.09 Å². The molecule has 0 bridgehead atoms. The Labute approximate surface area is 111 Å². The van der Waals surface area contributed by atoms with E-state index in [9.17, 15) is 4.79 Å². The Morgan fingerprint density at radius 1 is 1.11 bits per heavy atom. The second kappa shape index (κ2) is 5.10. The smallest absolute Gasteiger partial charge is 0.407 e. The van der Waals surface area contributed by atoms with E-state index in [1.165, 1.54) is 44.9 Å². The quantitative estimate of drug-likeness (QED) is 0.766. The first-order valence-electron chi connectivity index (χ1n) is 7.41. The Bertz CT molecular complexity index is 300. The van der Waals surface area contributed by atoms with E-state index in [-0.39, 0.29) is 6.09 Å². The molecule has 3 heteroatoms. The number of rotatable bonds is 1. The van der Waals surface area contributed by atoms with Gasteiger partial charge in [0.1, 0.15) is 5.60 Å². The van der Waals surface area contributed by atoms with Crippen LogP contribution in [0.2, 0.25) is 0 Å². The Morgan fingerprint density at radius 2 is 1.72 bits per heavy atom. The molecule has 0 aromatic heterocycles. The molecule has 1 amide bonds. The number of amides is 1. The second-order valence-corrected chi connectivity index (χ2v) is 7.01. The average molecular weight is 253 g/mol. The third-order valence-corrected chi connectivity index (χ3v) is 4.45. The summed E-state index contributed by atoms with van der Waals surface area (Å²) in [6.45, 7) is 5.74. The molecule has 18 heavy (non-hydrogen) atoms. The third kappa shape index (κ3) is 3.18. The molecule has 104 valence electrons. The van der Waals surface area contributed by atoms with Gasteiger partial charge in [-0.3, -0.25) is 0 Å². The first-order chi connectivity index (χ1) is 8.41. The van der Waals surface area contributed by atoms with Crippen molar-refractivity contribution in [1.82, 2.24) is 5.32 Å². The van der Waals surface area contributed by atoms with Gasteiger partial charge in [0.15, 0.2) is 0 Å². The third-order valence-electron chi connectivity index (χ3n) is 4.45. The summed E-state index contributed by atoms with van der Waals surface area (Å²) in [6.07, 6.45) is 10.0. The van der Waals surface area contributed by atoms with Crippen LogP contribution >= 0.6 is 0 Å². The summed E-state index contributed by atoms with van der Waals surface area (Å²) >= 11 is 0. The van der Waals surface area contributed by atoms with Gasteiger partial charge >= 0.3 is 6.09 Å². The highest BCUT2D eigenvalue weighted by atomic mass is 16.6. The Kier molecular flexibility index (Phi) is 3.88. The van der Waals surface area contributed by atoms with Gasteiger partial charge in [0.05, 0.1) is 0 Å². The van der Waals surface area contributed by atoms with E-state index in [1.54, 1.807) is 0 Å². The molecule has 0 saturated heterocycles. The van der Waals surface area contributed by atoms with Crippen molar-refractivity contribution in [1.29, 1.82) is 0 Å².